The van der Waals surface area contributed by atoms with Crippen LogP contribution in [-0.4, -0.2) is 6.54 Å². The van der Waals surface area contributed by atoms with Gasteiger partial charge >= 0.3 is 0 Å². The van der Waals surface area contributed by atoms with E-state index in [1.807, 2.05) is 0 Å². The van der Waals surface area contributed by atoms with Crippen LogP contribution in [0.5, 0.6) is 0 Å². The second-order valence-electron chi connectivity index (χ2n) is 5.45. The quantitative estimate of drug-likeness (QED) is 0.735. The lowest BCUT2D eigenvalue weighted by molar-refractivity contribution is 0.329. The van der Waals surface area contributed by atoms with Gasteiger partial charge in [0.25, 0.3) is 0 Å². The van der Waals surface area contributed by atoms with Crippen LogP contribution in [0.25, 0.3) is 0 Å². The first-order chi connectivity index (χ1) is 8.15. The lowest BCUT2D eigenvalue weighted by Gasteiger charge is -2.27. The van der Waals surface area contributed by atoms with Crippen molar-refractivity contribution in [3.63, 3.8) is 0 Å². The van der Waals surface area contributed by atoms with E-state index < -0.39 is 0 Å². The molecule has 2 atom stereocenters. The van der Waals surface area contributed by atoms with Crippen molar-refractivity contribution in [1.29, 1.82) is 0 Å². The molecular weight excluding hydrogens is 206 g/mol. The fourth-order valence-corrected chi connectivity index (χ4v) is 2.49. The molecular formula is C16H27N. The van der Waals surface area contributed by atoms with Gasteiger partial charge < -0.3 is 5.32 Å². The predicted octanol–water partition coefficient (Wildman–Crippen LogP) is 4.41. The molecule has 0 radical (unpaired) electrons. The Morgan fingerprint density at radius 1 is 1.06 bits per heavy atom. The highest BCUT2D eigenvalue weighted by Crippen LogP contribution is 2.26. The molecule has 0 amide bonds. The van der Waals surface area contributed by atoms with Crippen molar-refractivity contribution in [3.8, 4) is 0 Å². The number of hydrogen-bond acceptors (Lipinski definition) is 1. The Hall–Kier alpha value is -0.820. The average molecular weight is 233 g/mol. The van der Waals surface area contributed by atoms with Crippen molar-refractivity contribution < 1.29 is 0 Å². The number of nitrogens with one attached hydrogen (secondary N) is 1. The van der Waals surface area contributed by atoms with Crippen molar-refractivity contribution in [1.82, 2.24) is 5.32 Å². The van der Waals surface area contributed by atoms with Crippen LogP contribution >= 0.6 is 0 Å². The summed E-state index contributed by atoms with van der Waals surface area (Å²) in [5, 5.41) is 3.69. The summed E-state index contributed by atoms with van der Waals surface area (Å²) in [5.41, 5.74) is 1.43. The van der Waals surface area contributed by atoms with Gasteiger partial charge in [-0.25, -0.2) is 0 Å². The molecule has 1 N–H and O–H groups in total. The van der Waals surface area contributed by atoms with E-state index in [4.69, 9.17) is 0 Å². The third kappa shape index (κ3) is 4.91. The molecule has 0 saturated heterocycles. The first-order valence-corrected chi connectivity index (χ1v) is 6.93. The Morgan fingerprint density at radius 3 is 2.24 bits per heavy atom. The Balaban J connectivity index is 2.73. The van der Waals surface area contributed by atoms with E-state index in [0.717, 1.165) is 12.5 Å². The minimum atomic E-state index is 0.499. The van der Waals surface area contributed by atoms with Crippen molar-refractivity contribution in [2.45, 2.75) is 46.6 Å². The molecule has 17 heavy (non-hydrogen) atoms. The van der Waals surface area contributed by atoms with Crippen LogP contribution in [0.1, 0.15) is 52.1 Å². The molecule has 96 valence electrons. The summed E-state index contributed by atoms with van der Waals surface area (Å²) < 4.78 is 0. The van der Waals surface area contributed by atoms with Crippen molar-refractivity contribution in [3.05, 3.63) is 35.9 Å². The number of benzene rings is 1. The molecule has 0 aromatic heterocycles. The lowest BCUT2D eigenvalue weighted by Crippen LogP contribution is -2.28. The van der Waals surface area contributed by atoms with Gasteiger partial charge in [0.05, 0.1) is 0 Å². The molecule has 0 fully saturated rings. The van der Waals surface area contributed by atoms with E-state index >= 15 is 0 Å². The number of hydrogen-bond donors (Lipinski definition) is 1. The van der Waals surface area contributed by atoms with Gasteiger partial charge in [0.15, 0.2) is 0 Å². The molecule has 0 bridgehead atoms. The molecule has 1 heteroatoms. The monoisotopic (exact) mass is 233 g/mol. The van der Waals surface area contributed by atoms with Crippen molar-refractivity contribution in [2.24, 2.45) is 11.8 Å². The highest BCUT2D eigenvalue weighted by atomic mass is 14.9. The molecule has 1 rings (SSSR count). The molecule has 0 spiro atoms. The topological polar surface area (TPSA) is 12.0 Å². The van der Waals surface area contributed by atoms with E-state index in [-0.39, 0.29) is 0 Å². The Labute approximate surface area is 107 Å². The summed E-state index contributed by atoms with van der Waals surface area (Å²) in [6.07, 6.45) is 2.47. The molecule has 0 aliphatic carbocycles. The largest absolute Gasteiger partial charge is 0.310 e. The summed E-state index contributed by atoms with van der Waals surface area (Å²) in [4.78, 5) is 0. The van der Waals surface area contributed by atoms with Crippen LogP contribution < -0.4 is 5.32 Å². The first kappa shape index (κ1) is 14.2. The second kappa shape index (κ2) is 7.50. The summed E-state index contributed by atoms with van der Waals surface area (Å²) in [5.74, 6) is 1.45. The van der Waals surface area contributed by atoms with Gasteiger partial charge in [0.2, 0.25) is 0 Å². The predicted molar refractivity (Wildman–Crippen MR) is 76.1 cm³/mol. The van der Waals surface area contributed by atoms with Gasteiger partial charge in [-0.2, -0.15) is 0 Å². The third-order valence-electron chi connectivity index (χ3n) is 3.19. The standard InChI is InChI=1S/C16H27N/c1-5-11-17-16(14(4)12-13(2)3)15-9-7-6-8-10-15/h6-10,13-14,16-17H,5,11-12H2,1-4H3. The van der Waals surface area contributed by atoms with Crippen LogP contribution in [-0.2, 0) is 0 Å². The number of rotatable bonds is 7. The van der Waals surface area contributed by atoms with Crippen LogP contribution in [0, 0.1) is 11.8 Å². The lowest BCUT2D eigenvalue weighted by atomic mass is 9.88. The summed E-state index contributed by atoms with van der Waals surface area (Å²) in [6.45, 7) is 10.3. The van der Waals surface area contributed by atoms with Gasteiger partial charge in [-0.3, -0.25) is 0 Å². The summed E-state index contributed by atoms with van der Waals surface area (Å²) >= 11 is 0. The van der Waals surface area contributed by atoms with Gasteiger partial charge in [-0.1, -0.05) is 58.0 Å². The molecule has 2 unspecified atom stereocenters. The van der Waals surface area contributed by atoms with Gasteiger partial charge in [-0.05, 0) is 36.8 Å². The molecule has 0 heterocycles. The Kier molecular flexibility index (Phi) is 6.28. The van der Waals surface area contributed by atoms with Gasteiger partial charge in [0, 0.05) is 6.04 Å². The zero-order valence-electron chi connectivity index (χ0n) is 11.7. The van der Waals surface area contributed by atoms with Crippen LogP contribution in [0.15, 0.2) is 30.3 Å². The molecule has 0 aliphatic heterocycles. The van der Waals surface area contributed by atoms with Crippen molar-refractivity contribution >= 4 is 0 Å². The smallest absolute Gasteiger partial charge is 0.0346 e. The zero-order chi connectivity index (χ0) is 12.7. The van der Waals surface area contributed by atoms with E-state index in [2.05, 4.69) is 63.3 Å². The van der Waals surface area contributed by atoms with Crippen LogP contribution in [0.2, 0.25) is 0 Å². The molecule has 0 aliphatic rings. The van der Waals surface area contributed by atoms with Crippen LogP contribution in [0.3, 0.4) is 0 Å². The second-order valence-corrected chi connectivity index (χ2v) is 5.45. The van der Waals surface area contributed by atoms with E-state index in [0.29, 0.717) is 12.0 Å². The fourth-order valence-electron chi connectivity index (χ4n) is 2.49. The Bertz CT molecular complexity index is 292. The SMILES string of the molecule is CCCNC(c1ccccc1)C(C)CC(C)C. The maximum absolute atomic E-state index is 3.69. The molecule has 0 saturated carbocycles. The summed E-state index contributed by atoms with van der Waals surface area (Å²) in [7, 11) is 0. The molecule has 1 aromatic carbocycles. The highest BCUT2D eigenvalue weighted by Gasteiger charge is 2.19. The normalized spacial score (nSPS) is 14.9. The third-order valence-corrected chi connectivity index (χ3v) is 3.19. The maximum Gasteiger partial charge on any atom is 0.0346 e. The fraction of sp³-hybridized carbons (Fsp3) is 0.625. The Morgan fingerprint density at radius 2 is 1.71 bits per heavy atom. The minimum Gasteiger partial charge on any atom is -0.310 e. The van der Waals surface area contributed by atoms with Crippen LogP contribution in [0.4, 0.5) is 0 Å². The minimum absolute atomic E-state index is 0.499. The maximum atomic E-state index is 3.69. The van der Waals surface area contributed by atoms with Gasteiger partial charge in [-0.15, -0.1) is 0 Å². The zero-order valence-corrected chi connectivity index (χ0v) is 11.7. The van der Waals surface area contributed by atoms with E-state index in [1.54, 1.807) is 0 Å². The summed E-state index contributed by atoms with van der Waals surface area (Å²) in [6, 6.07) is 11.3. The molecule has 1 nitrogen and oxygen atoms in total. The molecule has 1 aromatic rings. The van der Waals surface area contributed by atoms with E-state index in [1.165, 1.54) is 18.4 Å². The average Bonchev–Trinajstić information content (AvgIpc) is 2.30. The van der Waals surface area contributed by atoms with Crippen molar-refractivity contribution in [2.75, 3.05) is 6.54 Å². The first-order valence-electron chi connectivity index (χ1n) is 6.93. The van der Waals surface area contributed by atoms with Gasteiger partial charge in [0.1, 0.15) is 0 Å². The van der Waals surface area contributed by atoms with E-state index in [9.17, 15) is 0 Å². The highest BCUT2D eigenvalue weighted by molar-refractivity contribution is 5.19.